The Bertz CT molecular complexity index is 625. The first-order chi connectivity index (χ1) is 8.60. The Morgan fingerprint density at radius 3 is 3.00 bits per heavy atom. The summed E-state index contributed by atoms with van der Waals surface area (Å²) in [5.74, 6) is 0.115. The van der Waals surface area contributed by atoms with Crippen molar-refractivity contribution in [2.45, 2.75) is 26.2 Å². The van der Waals surface area contributed by atoms with Gasteiger partial charge in [-0.25, -0.2) is 4.98 Å². The fraction of sp³-hybridized carbons (Fsp3) is 0.308. The number of amides is 1. The van der Waals surface area contributed by atoms with Crippen molar-refractivity contribution in [3.05, 3.63) is 23.2 Å². The van der Waals surface area contributed by atoms with Gasteiger partial charge in [-0.1, -0.05) is 13.8 Å². The van der Waals surface area contributed by atoms with Crippen molar-refractivity contribution in [1.29, 1.82) is 5.26 Å². The van der Waals surface area contributed by atoms with Gasteiger partial charge in [-0.3, -0.25) is 4.79 Å². The second-order valence-corrected chi connectivity index (χ2v) is 5.33. The molecule has 4 nitrogen and oxygen atoms in total. The van der Waals surface area contributed by atoms with Gasteiger partial charge in [0.15, 0.2) is 0 Å². The molecule has 92 valence electrons. The molecule has 0 aliphatic heterocycles. The third-order valence-electron chi connectivity index (χ3n) is 2.42. The Morgan fingerprint density at radius 1 is 1.56 bits per heavy atom. The Morgan fingerprint density at radius 2 is 2.33 bits per heavy atom. The highest BCUT2D eigenvalue weighted by Gasteiger charge is 2.08. The van der Waals surface area contributed by atoms with Crippen molar-refractivity contribution in [2.75, 3.05) is 5.32 Å². The summed E-state index contributed by atoms with van der Waals surface area (Å²) in [5.41, 5.74) is 1.66. The molecule has 1 heterocycles. The molecule has 0 radical (unpaired) electrons. The summed E-state index contributed by atoms with van der Waals surface area (Å²) in [7, 11) is 0. The van der Waals surface area contributed by atoms with Crippen LogP contribution >= 0.6 is 11.3 Å². The van der Waals surface area contributed by atoms with Gasteiger partial charge < -0.3 is 5.32 Å². The minimum atomic E-state index is -0.287. The molecule has 2 rings (SSSR count). The van der Waals surface area contributed by atoms with Crippen LogP contribution in [-0.4, -0.2) is 10.9 Å². The third kappa shape index (κ3) is 2.66. The molecule has 2 aromatic rings. The van der Waals surface area contributed by atoms with E-state index in [0.717, 1.165) is 15.2 Å². The van der Waals surface area contributed by atoms with Crippen molar-refractivity contribution in [3.8, 4) is 6.07 Å². The SMILES string of the molecule is CC(C)c1nc2ccc(NC(=O)CC#N)cc2s1. The number of carbonyl (C=O) groups excluding carboxylic acids is 1. The Kier molecular flexibility index (Phi) is 3.58. The van der Waals surface area contributed by atoms with Gasteiger partial charge in [0.25, 0.3) is 0 Å². The maximum Gasteiger partial charge on any atom is 0.238 e. The normalized spacial score (nSPS) is 10.6. The van der Waals surface area contributed by atoms with Crippen molar-refractivity contribution in [2.24, 2.45) is 0 Å². The average Bonchev–Trinajstić information content (AvgIpc) is 2.72. The molecule has 1 amide bonds. The number of carbonyl (C=O) groups is 1. The van der Waals surface area contributed by atoms with Crippen LogP contribution in [0.4, 0.5) is 5.69 Å². The van der Waals surface area contributed by atoms with Gasteiger partial charge in [0.2, 0.25) is 5.91 Å². The molecular weight excluding hydrogens is 246 g/mol. The second-order valence-electron chi connectivity index (χ2n) is 4.27. The van der Waals surface area contributed by atoms with Crippen LogP contribution in [0.25, 0.3) is 10.2 Å². The van der Waals surface area contributed by atoms with Crippen LogP contribution in [0.3, 0.4) is 0 Å². The van der Waals surface area contributed by atoms with E-state index in [-0.39, 0.29) is 12.3 Å². The van der Waals surface area contributed by atoms with Crippen LogP contribution in [0.15, 0.2) is 18.2 Å². The molecule has 5 heteroatoms. The molecule has 0 aliphatic carbocycles. The zero-order valence-electron chi connectivity index (χ0n) is 10.2. The summed E-state index contributed by atoms with van der Waals surface area (Å²) in [6, 6.07) is 7.41. The van der Waals surface area contributed by atoms with Crippen LogP contribution in [0, 0.1) is 11.3 Å². The van der Waals surface area contributed by atoms with E-state index in [2.05, 4.69) is 24.1 Å². The lowest BCUT2D eigenvalue weighted by molar-refractivity contribution is -0.115. The smallest absolute Gasteiger partial charge is 0.238 e. The van der Waals surface area contributed by atoms with Gasteiger partial charge in [0.1, 0.15) is 6.42 Å². The molecule has 1 aromatic carbocycles. The van der Waals surface area contributed by atoms with Gasteiger partial charge in [-0.15, -0.1) is 11.3 Å². The first kappa shape index (κ1) is 12.5. The fourth-order valence-electron chi connectivity index (χ4n) is 1.54. The maximum atomic E-state index is 11.3. The van der Waals surface area contributed by atoms with Crippen LogP contribution in [0.1, 0.15) is 31.2 Å². The molecule has 1 N–H and O–H groups in total. The van der Waals surface area contributed by atoms with Crippen LogP contribution in [0.5, 0.6) is 0 Å². The number of nitrogens with zero attached hydrogens (tertiary/aromatic N) is 2. The van der Waals surface area contributed by atoms with E-state index in [1.54, 1.807) is 17.4 Å². The number of aromatic nitrogens is 1. The highest BCUT2D eigenvalue weighted by molar-refractivity contribution is 7.18. The van der Waals surface area contributed by atoms with Crippen molar-refractivity contribution < 1.29 is 4.79 Å². The van der Waals surface area contributed by atoms with Crippen LogP contribution in [-0.2, 0) is 4.79 Å². The fourth-order valence-corrected chi connectivity index (χ4v) is 2.55. The molecule has 0 unspecified atom stereocenters. The van der Waals surface area contributed by atoms with Gasteiger partial charge in [-0.05, 0) is 18.2 Å². The molecule has 0 spiro atoms. The lowest BCUT2D eigenvalue weighted by Gasteiger charge is -2.01. The predicted octanol–water partition coefficient (Wildman–Crippen LogP) is 3.27. The van der Waals surface area contributed by atoms with Crippen LogP contribution in [0.2, 0.25) is 0 Å². The van der Waals surface area contributed by atoms with Gasteiger partial charge >= 0.3 is 0 Å². The Hall–Kier alpha value is -1.93. The monoisotopic (exact) mass is 259 g/mol. The van der Waals surface area contributed by atoms with E-state index < -0.39 is 0 Å². The Labute approximate surface area is 109 Å². The predicted molar refractivity (Wildman–Crippen MR) is 72.6 cm³/mol. The summed E-state index contributed by atoms with van der Waals surface area (Å²) in [6.07, 6.45) is -0.127. The number of hydrogen-bond donors (Lipinski definition) is 1. The van der Waals surface area contributed by atoms with E-state index in [0.29, 0.717) is 11.6 Å². The summed E-state index contributed by atoms with van der Waals surface area (Å²) >= 11 is 1.63. The minimum absolute atomic E-state index is 0.127. The number of hydrogen-bond acceptors (Lipinski definition) is 4. The molecule has 0 fully saturated rings. The van der Waals surface area contributed by atoms with Crippen molar-refractivity contribution in [1.82, 2.24) is 4.98 Å². The number of rotatable bonds is 3. The number of nitrogens with one attached hydrogen (secondary N) is 1. The standard InChI is InChI=1S/C13H13N3OS/c1-8(2)13-16-10-4-3-9(7-11(10)18-13)15-12(17)5-6-14/h3-4,7-8H,5H2,1-2H3,(H,15,17). The molecule has 0 aliphatic rings. The van der Waals surface area contributed by atoms with E-state index in [9.17, 15) is 4.79 Å². The topological polar surface area (TPSA) is 65.8 Å². The van der Waals surface area contributed by atoms with Gasteiger partial charge in [0, 0.05) is 11.6 Å². The largest absolute Gasteiger partial charge is 0.325 e. The minimum Gasteiger partial charge on any atom is -0.325 e. The summed E-state index contributed by atoms with van der Waals surface area (Å²) < 4.78 is 1.05. The first-order valence-corrected chi connectivity index (χ1v) is 6.49. The molecule has 0 saturated carbocycles. The van der Waals surface area contributed by atoms with Gasteiger partial charge in [-0.2, -0.15) is 5.26 Å². The second kappa shape index (κ2) is 5.15. The number of thiazole rings is 1. The number of fused-ring (bicyclic) bond motifs is 1. The summed E-state index contributed by atoms with van der Waals surface area (Å²) in [4.78, 5) is 15.8. The van der Waals surface area contributed by atoms with Gasteiger partial charge in [0.05, 0.1) is 21.3 Å². The molecular formula is C13H13N3OS. The van der Waals surface area contributed by atoms with E-state index in [1.165, 1.54) is 0 Å². The van der Waals surface area contributed by atoms with E-state index in [1.807, 2.05) is 18.2 Å². The first-order valence-electron chi connectivity index (χ1n) is 5.67. The maximum absolute atomic E-state index is 11.3. The van der Waals surface area contributed by atoms with Crippen molar-refractivity contribution >= 4 is 33.1 Å². The zero-order valence-corrected chi connectivity index (χ0v) is 11.0. The van der Waals surface area contributed by atoms with E-state index in [4.69, 9.17) is 5.26 Å². The zero-order chi connectivity index (χ0) is 13.1. The quantitative estimate of drug-likeness (QED) is 0.919. The highest BCUT2D eigenvalue weighted by atomic mass is 32.1. The highest BCUT2D eigenvalue weighted by Crippen LogP contribution is 2.29. The Balaban J connectivity index is 2.27. The lowest BCUT2D eigenvalue weighted by atomic mass is 10.2. The summed E-state index contributed by atoms with van der Waals surface area (Å²) in [5, 5.41) is 12.2. The average molecular weight is 259 g/mol. The van der Waals surface area contributed by atoms with E-state index >= 15 is 0 Å². The number of anilines is 1. The molecule has 0 atom stereocenters. The number of nitriles is 1. The lowest BCUT2D eigenvalue weighted by Crippen LogP contribution is -2.09. The summed E-state index contributed by atoms with van der Waals surface area (Å²) in [6.45, 7) is 4.21. The molecule has 18 heavy (non-hydrogen) atoms. The molecule has 1 aromatic heterocycles. The molecule has 0 bridgehead atoms. The number of benzene rings is 1. The molecule has 0 saturated heterocycles. The van der Waals surface area contributed by atoms with Crippen molar-refractivity contribution in [3.63, 3.8) is 0 Å². The van der Waals surface area contributed by atoms with Crippen LogP contribution < -0.4 is 5.32 Å². The third-order valence-corrected chi connectivity index (χ3v) is 3.74.